The van der Waals surface area contributed by atoms with Crippen LogP contribution in [0.2, 0.25) is 0 Å². The quantitative estimate of drug-likeness (QED) is 0.156. The number of rotatable bonds is 7. The third-order valence-electron chi connectivity index (χ3n) is 11.0. The molecule has 2 saturated heterocycles. The number of amides is 4. The van der Waals surface area contributed by atoms with E-state index in [-0.39, 0.29) is 35.7 Å². The van der Waals surface area contributed by atoms with Crippen LogP contribution in [0.1, 0.15) is 31.2 Å². The normalized spacial score (nSPS) is 26.7. The van der Waals surface area contributed by atoms with Gasteiger partial charge < -0.3 is 14.7 Å². The van der Waals surface area contributed by atoms with Crippen LogP contribution in [0.3, 0.4) is 0 Å². The number of ether oxygens (including phenoxy) is 1. The third-order valence-corrected chi connectivity index (χ3v) is 11.0. The first-order chi connectivity index (χ1) is 24.2. The zero-order valence-corrected chi connectivity index (χ0v) is 28.0. The van der Waals surface area contributed by atoms with Gasteiger partial charge in [-0.05, 0) is 55.5 Å². The summed E-state index contributed by atoms with van der Waals surface area (Å²) in [5, 5.41) is 34.6. The van der Waals surface area contributed by atoms with E-state index in [1.54, 1.807) is 49.4 Å². The van der Waals surface area contributed by atoms with Crippen LogP contribution in [-0.2, 0) is 19.2 Å². The average Bonchev–Trinajstić information content (AvgIpc) is 3.47. The minimum atomic E-state index is -1.33. The van der Waals surface area contributed by atoms with Gasteiger partial charge in [0.25, 0.3) is 0 Å². The summed E-state index contributed by atoms with van der Waals surface area (Å²) in [6, 6.07) is 15.2. The summed E-state index contributed by atoms with van der Waals surface area (Å²) in [6.07, 6.45) is 1.96. The number of nitro benzene ring substituents is 2. The lowest BCUT2D eigenvalue weighted by Crippen LogP contribution is -2.48. The Bertz CT molecular complexity index is 2060. The highest BCUT2D eigenvalue weighted by atomic mass is 16.6. The van der Waals surface area contributed by atoms with Gasteiger partial charge in [0.05, 0.1) is 51.5 Å². The number of carbonyl (C=O) groups excluding carboxylic acids is 4. The number of hydrogen-bond donors (Lipinski definition) is 1. The Hall–Kier alpha value is -6.12. The molecule has 0 radical (unpaired) electrons. The number of nitrogens with zero attached hydrogens (tertiary/aromatic N) is 5. The number of anilines is 3. The fourth-order valence-corrected chi connectivity index (χ4v) is 8.80. The maximum atomic E-state index is 14.5. The van der Waals surface area contributed by atoms with E-state index in [1.807, 2.05) is 6.08 Å². The van der Waals surface area contributed by atoms with Crippen molar-refractivity contribution in [3.05, 3.63) is 98.1 Å². The number of methoxy groups -OCH3 is 1. The molecule has 1 N–H and O–H groups in total. The minimum absolute atomic E-state index is 0.0514. The summed E-state index contributed by atoms with van der Waals surface area (Å²) in [7, 11) is 4.21. The van der Waals surface area contributed by atoms with Gasteiger partial charge in [-0.25, -0.2) is 9.80 Å². The molecule has 0 spiro atoms. The number of hydrogen-bond acceptors (Lipinski definition) is 11. The van der Waals surface area contributed by atoms with Crippen molar-refractivity contribution >= 4 is 52.1 Å². The van der Waals surface area contributed by atoms with Crippen LogP contribution in [-0.4, -0.2) is 59.8 Å². The number of allylic oxidation sites excluding steroid dienone is 2. The monoisotopic (exact) mass is 695 g/mol. The summed E-state index contributed by atoms with van der Waals surface area (Å²) < 4.78 is 5.40. The van der Waals surface area contributed by atoms with Gasteiger partial charge in [-0.2, -0.15) is 0 Å². The SMILES string of the molecule is COc1cc(C2C3=CCC4C(=O)N(c5cc([N+](=O)[O-])c(N(C)C)c([N+](=O)[O-])c5)C(=O)C4C3CC3C(=O)N(c4ccccc4)C(=O)C32C)ccc1O. The third kappa shape index (κ3) is 4.71. The van der Waals surface area contributed by atoms with Crippen LogP contribution in [0.25, 0.3) is 0 Å². The van der Waals surface area contributed by atoms with E-state index in [0.717, 1.165) is 17.0 Å². The molecular formula is C36H33N5O10. The van der Waals surface area contributed by atoms with E-state index in [9.17, 15) is 44.5 Å². The summed E-state index contributed by atoms with van der Waals surface area (Å²) in [6.45, 7) is 1.73. The molecule has 0 aromatic heterocycles. The van der Waals surface area contributed by atoms with Crippen molar-refractivity contribution < 1.29 is 38.9 Å². The van der Waals surface area contributed by atoms with E-state index < -0.39 is 79.9 Å². The first-order valence-corrected chi connectivity index (χ1v) is 16.2. The first-order valence-electron chi connectivity index (χ1n) is 16.2. The van der Waals surface area contributed by atoms with Crippen molar-refractivity contribution in [1.82, 2.24) is 0 Å². The van der Waals surface area contributed by atoms with Gasteiger partial charge in [-0.1, -0.05) is 35.9 Å². The summed E-state index contributed by atoms with van der Waals surface area (Å²) >= 11 is 0. The number of imide groups is 2. The molecule has 2 aliphatic heterocycles. The maximum Gasteiger partial charge on any atom is 0.301 e. The average molecular weight is 696 g/mol. The number of fused-ring (bicyclic) bond motifs is 4. The molecule has 0 bridgehead atoms. The van der Waals surface area contributed by atoms with Crippen LogP contribution >= 0.6 is 0 Å². The Morgan fingerprint density at radius 1 is 0.863 bits per heavy atom. The number of nitro groups is 2. The molecule has 15 nitrogen and oxygen atoms in total. The highest BCUT2D eigenvalue weighted by Gasteiger charge is 2.67. The molecule has 15 heteroatoms. The Morgan fingerprint density at radius 3 is 2.10 bits per heavy atom. The minimum Gasteiger partial charge on any atom is -0.504 e. The Morgan fingerprint density at radius 2 is 1.51 bits per heavy atom. The second-order valence-electron chi connectivity index (χ2n) is 13.7. The zero-order chi connectivity index (χ0) is 36.7. The van der Waals surface area contributed by atoms with Gasteiger partial charge in [-0.15, -0.1) is 0 Å². The molecule has 6 atom stereocenters. The standard InChI is InChI=1S/C36H33N5O10/c1-36-24(33(44)39(35(36)46)19-8-6-5-7-9-19)17-23-21(30(36)18-10-13-27(42)28(14-18)51-4)11-12-22-29(23)34(45)38(32(22)43)20-15-25(40(47)48)31(37(2)3)26(16-20)41(49)50/h5-11,13-16,22-24,29-30,42H,12,17H2,1-4H3. The van der Waals surface area contributed by atoms with Gasteiger partial charge in [0.15, 0.2) is 17.2 Å². The Labute approximate surface area is 291 Å². The van der Waals surface area contributed by atoms with Gasteiger partial charge in [0.1, 0.15) is 0 Å². The van der Waals surface area contributed by atoms with Crippen molar-refractivity contribution in [2.75, 3.05) is 35.9 Å². The molecule has 3 aromatic rings. The lowest BCUT2D eigenvalue weighted by Gasteiger charge is -2.49. The number of phenols is 1. The molecule has 7 rings (SSSR count). The van der Waals surface area contributed by atoms with E-state index in [0.29, 0.717) is 16.8 Å². The molecule has 2 aliphatic carbocycles. The van der Waals surface area contributed by atoms with Gasteiger partial charge >= 0.3 is 11.4 Å². The number of phenolic OH excluding ortho intramolecular Hbond substituents is 1. The van der Waals surface area contributed by atoms with Gasteiger partial charge in [0.2, 0.25) is 23.6 Å². The molecule has 4 amide bonds. The number of aromatic hydroxyl groups is 1. The lowest BCUT2D eigenvalue weighted by atomic mass is 9.51. The number of benzene rings is 3. The second kappa shape index (κ2) is 11.7. The predicted octanol–water partition coefficient (Wildman–Crippen LogP) is 4.72. The fourth-order valence-electron chi connectivity index (χ4n) is 8.80. The molecule has 2 heterocycles. The molecule has 51 heavy (non-hydrogen) atoms. The largest absolute Gasteiger partial charge is 0.504 e. The Kier molecular flexibility index (Phi) is 7.69. The lowest BCUT2D eigenvalue weighted by molar-refractivity contribution is -0.392. The molecular weight excluding hydrogens is 662 g/mol. The summed E-state index contributed by atoms with van der Waals surface area (Å²) in [5.41, 5.74) is -1.61. The molecule has 6 unspecified atom stereocenters. The Balaban J connectivity index is 1.37. The van der Waals surface area contributed by atoms with Crippen LogP contribution in [0.5, 0.6) is 11.5 Å². The van der Waals surface area contributed by atoms with Gasteiger partial charge in [-0.3, -0.25) is 39.4 Å². The van der Waals surface area contributed by atoms with E-state index in [1.165, 1.54) is 37.1 Å². The molecule has 3 aromatic carbocycles. The van der Waals surface area contributed by atoms with Crippen molar-refractivity contribution in [2.24, 2.45) is 29.1 Å². The molecule has 3 fully saturated rings. The number of para-hydroxylation sites is 1. The zero-order valence-electron chi connectivity index (χ0n) is 28.0. The van der Waals surface area contributed by atoms with Crippen LogP contribution in [0, 0.1) is 49.3 Å². The van der Waals surface area contributed by atoms with Crippen molar-refractivity contribution in [3.63, 3.8) is 0 Å². The summed E-state index contributed by atoms with van der Waals surface area (Å²) in [5.74, 6) is -6.61. The smallest absolute Gasteiger partial charge is 0.301 e. The van der Waals surface area contributed by atoms with Crippen molar-refractivity contribution in [3.8, 4) is 11.5 Å². The fraction of sp³-hybridized carbons (Fsp3) is 0.333. The van der Waals surface area contributed by atoms with E-state index in [4.69, 9.17) is 4.74 Å². The molecule has 262 valence electrons. The van der Waals surface area contributed by atoms with Crippen molar-refractivity contribution in [1.29, 1.82) is 0 Å². The molecule has 1 saturated carbocycles. The highest BCUT2D eigenvalue weighted by molar-refractivity contribution is 6.25. The van der Waals surface area contributed by atoms with Gasteiger partial charge in [0, 0.05) is 32.1 Å². The predicted molar refractivity (Wildman–Crippen MR) is 182 cm³/mol. The van der Waals surface area contributed by atoms with Crippen molar-refractivity contribution in [2.45, 2.75) is 25.7 Å². The van der Waals surface area contributed by atoms with E-state index in [2.05, 4.69) is 0 Å². The first kappa shape index (κ1) is 33.4. The van der Waals surface area contributed by atoms with Crippen LogP contribution in [0.4, 0.5) is 28.4 Å². The number of carbonyl (C=O) groups is 4. The highest BCUT2D eigenvalue weighted by Crippen LogP contribution is 2.64. The topological polar surface area (TPSA) is 194 Å². The second-order valence-corrected chi connectivity index (χ2v) is 13.7. The molecule has 4 aliphatic rings. The van der Waals surface area contributed by atoms with Crippen LogP contribution < -0.4 is 19.4 Å². The maximum absolute atomic E-state index is 14.5. The summed E-state index contributed by atoms with van der Waals surface area (Å²) in [4.78, 5) is 83.2. The van der Waals surface area contributed by atoms with Crippen LogP contribution in [0.15, 0.2) is 72.3 Å². The van der Waals surface area contributed by atoms with E-state index >= 15 is 0 Å².